The molecule has 3 nitrogen and oxygen atoms in total. The van der Waals surface area contributed by atoms with Crippen molar-refractivity contribution in [3.8, 4) is 0 Å². The quantitative estimate of drug-likeness (QED) is 0.824. The molecule has 1 aromatic heterocycles. The van der Waals surface area contributed by atoms with Gasteiger partial charge in [0.25, 0.3) is 0 Å². The maximum Gasteiger partial charge on any atom is 0.224 e. The molecule has 4 saturated carbocycles. The molecule has 138 valence electrons. The Morgan fingerprint density at radius 2 is 1.72 bits per heavy atom. The SMILES string of the molecule is CCc1ccc(C(NC(=O)C2C3CC4CC(C3)CC2C4)C(C)(C)C)o1. The zero-order valence-electron chi connectivity index (χ0n) is 16.2. The van der Waals surface area contributed by atoms with Gasteiger partial charge in [-0.05, 0) is 73.3 Å². The summed E-state index contributed by atoms with van der Waals surface area (Å²) in [7, 11) is 0. The topological polar surface area (TPSA) is 42.2 Å². The number of aryl methyl sites for hydroxylation is 1. The predicted molar refractivity (Wildman–Crippen MR) is 99.0 cm³/mol. The minimum Gasteiger partial charge on any atom is -0.464 e. The van der Waals surface area contributed by atoms with E-state index in [0.717, 1.165) is 29.8 Å². The molecule has 4 aliphatic carbocycles. The monoisotopic (exact) mass is 343 g/mol. The molecular weight excluding hydrogens is 310 g/mol. The molecule has 1 unspecified atom stereocenters. The molecule has 0 aliphatic heterocycles. The second-order valence-corrected chi connectivity index (χ2v) is 9.92. The summed E-state index contributed by atoms with van der Waals surface area (Å²) in [5, 5.41) is 3.41. The van der Waals surface area contributed by atoms with Crippen LogP contribution in [0.15, 0.2) is 16.5 Å². The maximum atomic E-state index is 13.3. The fourth-order valence-corrected chi connectivity index (χ4v) is 6.05. The van der Waals surface area contributed by atoms with Crippen molar-refractivity contribution in [2.45, 2.75) is 72.3 Å². The van der Waals surface area contributed by atoms with Crippen molar-refractivity contribution in [3.63, 3.8) is 0 Å². The lowest BCUT2D eigenvalue weighted by atomic mass is 9.51. The molecule has 0 aromatic carbocycles. The Morgan fingerprint density at radius 3 is 2.20 bits per heavy atom. The fraction of sp³-hybridized carbons (Fsp3) is 0.773. The van der Waals surface area contributed by atoms with Crippen molar-refractivity contribution < 1.29 is 9.21 Å². The summed E-state index contributed by atoms with van der Waals surface area (Å²) in [4.78, 5) is 13.3. The first kappa shape index (κ1) is 17.2. The number of carbonyl (C=O) groups is 1. The zero-order chi connectivity index (χ0) is 17.8. The van der Waals surface area contributed by atoms with Gasteiger partial charge < -0.3 is 9.73 Å². The van der Waals surface area contributed by atoms with Gasteiger partial charge in [-0.15, -0.1) is 0 Å². The first-order chi connectivity index (χ1) is 11.8. The van der Waals surface area contributed by atoms with Crippen LogP contribution in [0.3, 0.4) is 0 Å². The highest BCUT2D eigenvalue weighted by Gasteiger charge is 2.51. The molecule has 1 N–H and O–H groups in total. The van der Waals surface area contributed by atoms with E-state index in [9.17, 15) is 4.79 Å². The van der Waals surface area contributed by atoms with Crippen molar-refractivity contribution in [2.24, 2.45) is 35.0 Å². The van der Waals surface area contributed by atoms with Gasteiger partial charge in [0.15, 0.2) is 0 Å². The summed E-state index contributed by atoms with van der Waals surface area (Å²) in [5.41, 5.74) is -0.0650. The molecular formula is C22H33NO2. The van der Waals surface area contributed by atoms with Gasteiger partial charge in [-0.2, -0.15) is 0 Å². The van der Waals surface area contributed by atoms with Crippen LogP contribution in [0.1, 0.15) is 77.4 Å². The number of hydrogen-bond donors (Lipinski definition) is 1. The lowest BCUT2D eigenvalue weighted by Gasteiger charge is -2.54. The second-order valence-electron chi connectivity index (χ2n) is 9.92. The molecule has 5 rings (SSSR count). The van der Waals surface area contributed by atoms with Crippen LogP contribution in [0.5, 0.6) is 0 Å². The van der Waals surface area contributed by atoms with Gasteiger partial charge in [-0.25, -0.2) is 0 Å². The Bertz CT molecular complexity index is 611. The van der Waals surface area contributed by atoms with Crippen LogP contribution in [0.25, 0.3) is 0 Å². The van der Waals surface area contributed by atoms with Crippen LogP contribution in [-0.2, 0) is 11.2 Å². The lowest BCUT2D eigenvalue weighted by Crippen LogP contribution is -2.52. The summed E-state index contributed by atoms with van der Waals surface area (Å²) in [6.07, 6.45) is 7.45. The van der Waals surface area contributed by atoms with Crippen molar-refractivity contribution in [1.29, 1.82) is 0 Å². The average molecular weight is 344 g/mol. The molecule has 4 aliphatic rings. The number of furan rings is 1. The Kier molecular flexibility index (Phi) is 4.24. The molecule has 0 saturated heterocycles. The molecule has 1 atom stereocenters. The summed E-state index contributed by atoms with van der Waals surface area (Å²) < 4.78 is 6.01. The van der Waals surface area contributed by atoms with Crippen molar-refractivity contribution in [1.82, 2.24) is 5.32 Å². The van der Waals surface area contributed by atoms with E-state index in [4.69, 9.17) is 4.42 Å². The Morgan fingerprint density at radius 1 is 1.12 bits per heavy atom. The standard InChI is InChI=1S/C22H33NO2/c1-5-17-6-7-18(25-17)20(22(2,3)4)23-21(24)19-15-9-13-8-14(11-15)12-16(19)10-13/h6-7,13-16,19-20H,5,8-12H2,1-4H3,(H,23,24). The van der Waals surface area contributed by atoms with Crippen LogP contribution in [-0.4, -0.2) is 5.91 Å². The molecule has 1 aromatic rings. The first-order valence-electron chi connectivity index (χ1n) is 10.2. The smallest absolute Gasteiger partial charge is 0.224 e. The van der Waals surface area contributed by atoms with Crippen molar-refractivity contribution >= 4 is 5.91 Å². The van der Waals surface area contributed by atoms with E-state index in [0.29, 0.717) is 11.8 Å². The van der Waals surface area contributed by atoms with Crippen LogP contribution >= 0.6 is 0 Å². The third-order valence-corrected chi connectivity index (χ3v) is 7.00. The number of rotatable bonds is 4. The van der Waals surface area contributed by atoms with Gasteiger partial charge in [-0.1, -0.05) is 27.7 Å². The van der Waals surface area contributed by atoms with Crippen LogP contribution in [0, 0.1) is 35.0 Å². The number of nitrogens with one attached hydrogen (secondary N) is 1. The van der Waals surface area contributed by atoms with Gasteiger partial charge >= 0.3 is 0 Å². The molecule has 1 amide bonds. The Hall–Kier alpha value is -1.25. The second kappa shape index (κ2) is 6.17. The molecule has 0 spiro atoms. The lowest BCUT2D eigenvalue weighted by molar-refractivity contribution is -0.140. The van der Waals surface area contributed by atoms with Gasteiger partial charge in [0.1, 0.15) is 11.5 Å². The van der Waals surface area contributed by atoms with Gasteiger partial charge in [0.05, 0.1) is 6.04 Å². The molecule has 0 radical (unpaired) electrons. The van der Waals surface area contributed by atoms with Gasteiger partial charge in [0, 0.05) is 12.3 Å². The van der Waals surface area contributed by atoms with Crippen molar-refractivity contribution in [3.05, 3.63) is 23.7 Å². The van der Waals surface area contributed by atoms with Gasteiger partial charge in [-0.3, -0.25) is 4.79 Å². The number of carbonyl (C=O) groups excluding carboxylic acids is 1. The molecule has 4 fully saturated rings. The van der Waals surface area contributed by atoms with E-state index in [2.05, 4.69) is 33.0 Å². The summed E-state index contributed by atoms with van der Waals surface area (Å²) in [6.45, 7) is 8.65. The first-order valence-corrected chi connectivity index (χ1v) is 10.2. The summed E-state index contributed by atoms with van der Waals surface area (Å²) in [5.74, 6) is 5.47. The third-order valence-electron chi connectivity index (χ3n) is 7.00. The molecule has 4 bridgehead atoms. The highest BCUT2D eigenvalue weighted by Crippen LogP contribution is 2.56. The highest BCUT2D eigenvalue weighted by atomic mass is 16.3. The largest absolute Gasteiger partial charge is 0.464 e. The molecule has 25 heavy (non-hydrogen) atoms. The summed E-state index contributed by atoms with van der Waals surface area (Å²) >= 11 is 0. The van der Waals surface area contributed by atoms with E-state index in [1.165, 1.54) is 32.1 Å². The normalized spacial score (nSPS) is 35.0. The summed E-state index contributed by atoms with van der Waals surface area (Å²) in [6, 6.07) is 4.03. The number of hydrogen-bond acceptors (Lipinski definition) is 2. The van der Waals surface area contributed by atoms with Crippen molar-refractivity contribution in [2.75, 3.05) is 0 Å². The Balaban J connectivity index is 1.53. The van der Waals surface area contributed by atoms with E-state index in [1.54, 1.807) is 0 Å². The highest BCUT2D eigenvalue weighted by molar-refractivity contribution is 5.80. The number of amides is 1. The van der Waals surface area contributed by atoms with E-state index >= 15 is 0 Å². The van der Waals surface area contributed by atoms with E-state index < -0.39 is 0 Å². The van der Waals surface area contributed by atoms with Crippen LogP contribution < -0.4 is 5.32 Å². The van der Waals surface area contributed by atoms with Crippen LogP contribution in [0.4, 0.5) is 0 Å². The predicted octanol–water partition coefficient (Wildman–Crippen LogP) is 5.12. The van der Waals surface area contributed by atoms with Gasteiger partial charge in [0.2, 0.25) is 5.91 Å². The Labute approximate surface area is 151 Å². The fourth-order valence-electron chi connectivity index (χ4n) is 6.05. The third kappa shape index (κ3) is 3.15. The maximum absolute atomic E-state index is 13.3. The van der Waals surface area contributed by atoms with E-state index in [-0.39, 0.29) is 23.3 Å². The molecule has 3 heteroatoms. The minimum absolute atomic E-state index is 0.0579. The van der Waals surface area contributed by atoms with Crippen LogP contribution in [0.2, 0.25) is 0 Å². The molecule has 1 heterocycles. The average Bonchev–Trinajstić information content (AvgIpc) is 2.99. The van der Waals surface area contributed by atoms with E-state index in [1.807, 2.05) is 12.1 Å². The zero-order valence-corrected chi connectivity index (χ0v) is 16.2. The minimum atomic E-state index is -0.0650.